The van der Waals surface area contributed by atoms with Gasteiger partial charge in [-0.3, -0.25) is 19.6 Å². The van der Waals surface area contributed by atoms with Crippen LogP contribution in [-0.4, -0.2) is 125 Å². The molecule has 4 fully saturated rings. The largest absolute Gasteiger partial charge is 0.478 e. The Hall–Kier alpha value is -4.25. The summed E-state index contributed by atoms with van der Waals surface area (Å²) in [5.74, 6) is -0.253. The smallest absolute Gasteiger partial charge is 0.407 e. The molecule has 1 spiro atoms. The number of ether oxygens (including phenoxy) is 2. The Morgan fingerprint density at radius 3 is 2.50 bits per heavy atom. The predicted octanol–water partition coefficient (Wildman–Crippen LogP) is 3.82. The van der Waals surface area contributed by atoms with Gasteiger partial charge in [0.15, 0.2) is 0 Å². The van der Waals surface area contributed by atoms with Crippen molar-refractivity contribution in [2.24, 2.45) is 22.1 Å². The number of aromatic nitrogens is 2. The fourth-order valence-electron chi connectivity index (χ4n) is 7.64. The van der Waals surface area contributed by atoms with E-state index in [9.17, 15) is 14.4 Å². The van der Waals surface area contributed by atoms with E-state index in [0.29, 0.717) is 19.3 Å². The summed E-state index contributed by atoms with van der Waals surface area (Å²) in [5.41, 5.74) is 5.36. The van der Waals surface area contributed by atoms with Gasteiger partial charge in [0.05, 0.1) is 43.4 Å². The summed E-state index contributed by atoms with van der Waals surface area (Å²) in [7, 11) is 0. The lowest BCUT2D eigenvalue weighted by Crippen LogP contribution is -2.55. The van der Waals surface area contributed by atoms with Gasteiger partial charge in [-0.05, 0) is 71.6 Å². The molecule has 0 bridgehead atoms. The second-order valence-corrected chi connectivity index (χ2v) is 16.8. The minimum absolute atomic E-state index is 0.0220. The van der Waals surface area contributed by atoms with Gasteiger partial charge in [0.2, 0.25) is 5.91 Å². The number of nitrogens with one attached hydrogen (secondary N) is 2. The van der Waals surface area contributed by atoms with Crippen molar-refractivity contribution in [1.82, 2.24) is 25.1 Å². The number of alkyl carbamates (subject to hydrolysis) is 1. The number of aliphatic carboxylic acids is 1. The minimum Gasteiger partial charge on any atom is -0.478 e. The first-order chi connectivity index (χ1) is 25.8. The molecule has 0 radical (unpaired) electrons. The number of nitrogens with two attached hydrogens (primary N) is 1. The van der Waals surface area contributed by atoms with Crippen LogP contribution in [0.3, 0.4) is 0 Å². The van der Waals surface area contributed by atoms with E-state index in [4.69, 9.17) is 30.3 Å². The molecule has 6 rings (SSSR count). The summed E-state index contributed by atoms with van der Waals surface area (Å²) < 4.78 is 11.6. The van der Waals surface area contributed by atoms with Crippen LogP contribution in [0.5, 0.6) is 0 Å². The molecule has 54 heavy (non-hydrogen) atoms. The molecule has 4 aliphatic rings. The van der Waals surface area contributed by atoms with Crippen molar-refractivity contribution in [1.29, 1.82) is 0 Å². The van der Waals surface area contributed by atoms with E-state index >= 15 is 0 Å². The fourth-order valence-corrected chi connectivity index (χ4v) is 8.43. The predicted molar refractivity (Wildman–Crippen MR) is 207 cm³/mol. The third-order valence-corrected chi connectivity index (χ3v) is 11.7. The molecule has 292 valence electrons. The van der Waals surface area contributed by atoms with E-state index in [1.54, 1.807) is 6.20 Å². The molecule has 16 heteroatoms. The second-order valence-electron chi connectivity index (χ2n) is 15.7. The van der Waals surface area contributed by atoms with Crippen molar-refractivity contribution in [2.75, 3.05) is 62.8 Å². The first kappa shape index (κ1) is 39.4. The van der Waals surface area contributed by atoms with Gasteiger partial charge < -0.3 is 35.8 Å². The number of carboxylic acids is 1. The molecule has 0 unspecified atom stereocenters. The van der Waals surface area contributed by atoms with Gasteiger partial charge in [-0.1, -0.05) is 17.8 Å². The van der Waals surface area contributed by atoms with Crippen molar-refractivity contribution < 1.29 is 29.0 Å². The molecule has 1 aromatic heterocycles. The number of amides is 2. The van der Waals surface area contributed by atoms with Crippen molar-refractivity contribution in [3.05, 3.63) is 48.4 Å². The molecule has 1 saturated carbocycles. The van der Waals surface area contributed by atoms with E-state index in [0.717, 1.165) is 92.6 Å². The number of benzene rings is 1. The third-order valence-electron chi connectivity index (χ3n) is 10.8. The Morgan fingerprint density at radius 1 is 1.11 bits per heavy atom. The Balaban J connectivity index is 0.927. The number of carbonyl (C=O) groups excluding carboxylic acids is 2. The first-order valence-corrected chi connectivity index (χ1v) is 19.5. The van der Waals surface area contributed by atoms with E-state index in [-0.39, 0.29) is 35.0 Å². The molecule has 2 amide bonds. The zero-order valence-electron chi connectivity index (χ0n) is 31.6. The fraction of sp³-hybridized carbons (Fsp3) is 0.579. The van der Waals surface area contributed by atoms with Gasteiger partial charge in [-0.2, -0.15) is 0 Å². The molecule has 1 aromatic carbocycles. The van der Waals surface area contributed by atoms with E-state index < -0.39 is 17.7 Å². The standard InChI is InChI=1S/C38H53N9O6S/c1-25-33(44-36(51)53-37(2,3)4)38(23-52-25)8-10-47(11-9-38)31-21-42-32(22-41-31)54-30-7-5-6-28(18-30)43-34(48)26-16-29(17-26)46-14-12-45(13-15-46)24-40-20-27(19-39)35(49)50/h5-7,18-22,25-26,29,33H,8-17,23-24,39H2,1-4H3,(H,43,48)(H,44,51)(H,49,50)/b27-19+,40-20?/t25-,26?,29?,33+/m0/s1. The number of rotatable bonds is 11. The number of aliphatic imine (C=N–C) groups is 1. The highest BCUT2D eigenvalue weighted by Gasteiger charge is 2.50. The summed E-state index contributed by atoms with van der Waals surface area (Å²) in [4.78, 5) is 58.2. The molecular formula is C38H53N9O6S. The molecule has 5 N–H and O–H groups in total. The zero-order valence-corrected chi connectivity index (χ0v) is 32.4. The van der Waals surface area contributed by atoms with Gasteiger partial charge in [-0.25, -0.2) is 19.6 Å². The number of nitrogens with zero attached hydrogens (tertiary/aromatic N) is 6. The molecule has 15 nitrogen and oxygen atoms in total. The lowest BCUT2D eigenvalue weighted by Gasteiger charge is -2.45. The quantitative estimate of drug-likeness (QED) is 0.191. The van der Waals surface area contributed by atoms with E-state index in [1.165, 1.54) is 18.0 Å². The Labute approximate surface area is 321 Å². The molecular weight excluding hydrogens is 711 g/mol. The van der Waals surface area contributed by atoms with Crippen LogP contribution in [0.4, 0.5) is 16.3 Å². The Bertz CT molecular complexity index is 1700. The molecule has 1 aliphatic carbocycles. The van der Waals surface area contributed by atoms with Gasteiger partial charge >= 0.3 is 12.1 Å². The van der Waals surface area contributed by atoms with Crippen LogP contribution >= 0.6 is 11.8 Å². The highest BCUT2D eigenvalue weighted by Crippen LogP contribution is 2.43. The van der Waals surface area contributed by atoms with Gasteiger partial charge in [-0.15, -0.1) is 0 Å². The van der Waals surface area contributed by atoms with Crippen LogP contribution in [-0.2, 0) is 19.1 Å². The molecule has 2 atom stereocenters. The topological polar surface area (TPSA) is 188 Å². The average molecular weight is 764 g/mol. The van der Waals surface area contributed by atoms with Crippen LogP contribution < -0.4 is 21.3 Å². The summed E-state index contributed by atoms with van der Waals surface area (Å²) in [5, 5.41) is 16.0. The average Bonchev–Trinajstić information content (AvgIpc) is 3.39. The second kappa shape index (κ2) is 17.0. The van der Waals surface area contributed by atoms with E-state index in [2.05, 4.69) is 30.3 Å². The lowest BCUT2D eigenvalue weighted by molar-refractivity contribution is -0.132. The molecule has 2 aromatic rings. The number of piperidine rings is 1. The van der Waals surface area contributed by atoms with Crippen molar-refractivity contribution in [3.63, 3.8) is 0 Å². The first-order valence-electron chi connectivity index (χ1n) is 18.7. The highest BCUT2D eigenvalue weighted by atomic mass is 32.2. The summed E-state index contributed by atoms with van der Waals surface area (Å²) >= 11 is 1.50. The number of anilines is 2. The third kappa shape index (κ3) is 9.88. The minimum atomic E-state index is -1.09. The van der Waals surface area contributed by atoms with Crippen LogP contribution in [0.25, 0.3) is 0 Å². The molecule has 4 heterocycles. The lowest BCUT2D eigenvalue weighted by atomic mass is 9.73. The van der Waals surface area contributed by atoms with Crippen LogP contribution in [0.15, 0.2) is 63.3 Å². The molecule has 3 saturated heterocycles. The van der Waals surface area contributed by atoms with Gasteiger partial charge in [0.25, 0.3) is 0 Å². The summed E-state index contributed by atoms with van der Waals surface area (Å²) in [6.07, 6.45) is 8.83. The normalized spacial score (nSPS) is 25.0. The maximum Gasteiger partial charge on any atom is 0.407 e. The SMILES string of the molecule is C[C@@H]1OCC2(CCN(c3cnc(Sc4cccc(NC(=O)C5CC(N6CCN(CN=C/C(=C\N)C(=O)O)CC6)C5)c4)cn3)CC2)[C@@H]1NC(=O)OC(C)(C)C. The maximum absolute atomic E-state index is 13.1. The van der Waals surface area contributed by atoms with E-state index in [1.807, 2.05) is 58.2 Å². The molecule has 3 aliphatic heterocycles. The van der Waals surface area contributed by atoms with Crippen molar-refractivity contribution in [3.8, 4) is 0 Å². The van der Waals surface area contributed by atoms with Gasteiger partial charge in [0.1, 0.15) is 16.4 Å². The summed E-state index contributed by atoms with van der Waals surface area (Å²) in [6.45, 7) is 13.6. The summed E-state index contributed by atoms with van der Waals surface area (Å²) in [6, 6.07) is 8.08. The van der Waals surface area contributed by atoms with Crippen LogP contribution in [0, 0.1) is 11.3 Å². The number of hydrogen-bond acceptors (Lipinski definition) is 13. The Kier molecular flexibility index (Phi) is 12.5. The number of carboxylic acid groups (broad SMARTS) is 1. The maximum atomic E-state index is 13.1. The monoisotopic (exact) mass is 763 g/mol. The van der Waals surface area contributed by atoms with Crippen molar-refractivity contribution >= 4 is 47.5 Å². The van der Waals surface area contributed by atoms with Crippen LogP contribution in [0.1, 0.15) is 53.4 Å². The van der Waals surface area contributed by atoms with Gasteiger partial charge in [0, 0.05) is 79.6 Å². The number of hydrogen-bond donors (Lipinski definition) is 4. The Morgan fingerprint density at radius 2 is 1.85 bits per heavy atom. The van der Waals surface area contributed by atoms with Crippen LogP contribution in [0.2, 0.25) is 0 Å². The number of piperazine rings is 1. The van der Waals surface area contributed by atoms with Crippen molar-refractivity contribution in [2.45, 2.75) is 87.1 Å². The number of carbonyl (C=O) groups is 3. The zero-order chi connectivity index (χ0) is 38.5. The highest BCUT2D eigenvalue weighted by molar-refractivity contribution is 7.99.